The second kappa shape index (κ2) is 5.64. The SMILES string of the molecule is CCCC(C)NC1=NC(C(C)C)CS1. The van der Waals surface area contributed by atoms with Gasteiger partial charge in [0.15, 0.2) is 5.17 Å². The van der Waals surface area contributed by atoms with E-state index in [1.165, 1.54) is 12.8 Å². The average Bonchev–Trinajstić information content (AvgIpc) is 2.53. The van der Waals surface area contributed by atoms with E-state index < -0.39 is 0 Å². The van der Waals surface area contributed by atoms with Gasteiger partial charge in [-0.1, -0.05) is 39.0 Å². The van der Waals surface area contributed by atoms with Crippen LogP contribution >= 0.6 is 11.8 Å². The number of nitrogens with one attached hydrogen (secondary N) is 1. The van der Waals surface area contributed by atoms with Gasteiger partial charge in [0.25, 0.3) is 0 Å². The monoisotopic (exact) mass is 214 g/mol. The van der Waals surface area contributed by atoms with Crippen molar-refractivity contribution in [1.82, 2.24) is 5.32 Å². The molecule has 1 aliphatic heterocycles. The lowest BCUT2D eigenvalue weighted by atomic mass is 10.1. The van der Waals surface area contributed by atoms with Crippen molar-refractivity contribution < 1.29 is 0 Å². The maximum absolute atomic E-state index is 4.68. The van der Waals surface area contributed by atoms with Crippen LogP contribution < -0.4 is 5.32 Å². The van der Waals surface area contributed by atoms with Crippen LogP contribution in [0.4, 0.5) is 0 Å². The van der Waals surface area contributed by atoms with Crippen molar-refractivity contribution in [2.24, 2.45) is 10.9 Å². The molecule has 0 saturated carbocycles. The van der Waals surface area contributed by atoms with E-state index in [2.05, 4.69) is 38.0 Å². The molecule has 0 amide bonds. The van der Waals surface area contributed by atoms with Crippen LogP contribution in [-0.2, 0) is 0 Å². The third-order valence-corrected chi connectivity index (χ3v) is 3.54. The molecule has 0 saturated heterocycles. The molecule has 0 fully saturated rings. The number of rotatable bonds is 4. The Balaban J connectivity index is 2.36. The molecule has 0 aromatic heterocycles. The van der Waals surface area contributed by atoms with Gasteiger partial charge in [0.1, 0.15) is 0 Å². The van der Waals surface area contributed by atoms with Crippen molar-refractivity contribution in [3.8, 4) is 0 Å². The molecule has 0 aromatic rings. The largest absolute Gasteiger partial charge is 0.362 e. The van der Waals surface area contributed by atoms with Gasteiger partial charge in [-0.15, -0.1) is 0 Å². The van der Waals surface area contributed by atoms with Crippen LogP contribution in [0.5, 0.6) is 0 Å². The highest BCUT2D eigenvalue weighted by Crippen LogP contribution is 2.22. The summed E-state index contributed by atoms with van der Waals surface area (Å²) < 4.78 is 0. The number of hydrogen-bond donors (Lipinski definition) is 1. The minimum atomic E-state index is 0.524. The molecule has 82 valence electrons. The summed E-state index contributed by atoms with van der Waals surface area (Å²) in [6, 6.07) is 1.09. The van der Waals surface area contributed by atoms with Gasteiger partial charge in [-0.2, -0.15) is 0 Å². The highest BCUT2D eigenvalue weighted by Gasteiger charge is 2.21. The van der Waals surface area contributed by atoms with E-state index >= 15 is 0 Å². The number of aliphatic imine (C=N–C) groups is 1. The molecule has 1 rings (SSSR count). The summed E-state index contributed by atoms with van der Waals surface area (Å²) >= 11 is 1.87. The van der Waals surface area contributed by atoms with Gasteiger partial charge in [0.05, 0.1) is 6.04 Å². The molecule has 1 heterocycles. The predicted octanol–water partition coefficient (Wildman–Crippen LogP) is 2.89. The van der Waals surface area contributed by atoms with Crippen LogP contribution in [0.15, 0.2) is 4.99 Å². The Kier molecular flexibility index (Phi) is 4.79. The first kappa shape index (κ1) is 11.9. The fraction of sp³-hybridized carbons (Fsp3) is 0.909. The van der Waals surface area contributed by atoms with E-state index in [0.717, 1.165) is 10.9 Å². The number of amidine groups is 1. The van der Waals surface area contributed by atoms with Crippen molar-refractivity contribution in [3.05, 3.63) is 0 Å². The van der Waals surface area contributed by atoms with Crippen LogP contribution in [0.1, 0.15) is 40.5 Å². The Bertz CT molecular complexity index is 201. The molecule has 0 aromatic carbocycles. The van der Waals surface area contributed by atoms with E-state index in [4.69, 9.17) is 0 Å². The summed E-state index contributed by atoms with van der Waals surface area (Å²) in [5.41, 5.74) is 0. The zero-order chi connectivity index (χ0) is 10.6. The fourth-order valence-electron chi connectivity index (χ4n) is 1.53. The van der Waals surface area contributed by atoms with Crippen molar-refractivity contribution in [2.45, 2.75) is 52.6 Å². The Morgan fingerprint density at radius 1 is 1.50 bits per heavy atom. The first-order valence-electron chi connectivity index (χ1n) is 5.60. The molecule has 2 unspecified atom stereocenters. The van der Waals surface area contributed by atoms with E-state index in [0.29, 0.717) is 18.0 Å². The second-order valence-corrected chi connectivity index (χ2v) is 5.40. The predicted molar refractivity (Wildman–Crippen MR) is 66.0 cm³/mol. The summed E-state index contributed by atoms with van der Waals surface area (Å²) in [5.74, 6) is 1.82. The molecule has 14 heavy (non-hydrogen) atoms. The number of thioether (sulfide) groups is 1. The summed E-state index contributed by atoms with van der Waals surface area (Å²) in [7, 11) is 0. The highest BCUT2D eigenvalue weighted by molar-refractivity contribution is 8.14. The molecule has 0 aliphatic carbocycles. The first-order chi connectivity index (χ1) is 6.63. The Morgan fingerprint density at radius 2 is 2.21 bits per heavy atom. The van der Waals surface area contributed by atoms with Crippen LogP contribution in [0, 0.1) is 5.92 Å². The highest BCUT2D eigenvalue weighted by atomic mass is 32.2. The Labute approximate surface area is 92.0 Å². The summed E-state index contributed by atoms with van der Waals surface area (Å²) in [6.45, 7) is 8.94. The van der Waals surface area contributed by atoms with Crippen LogP contribution in [-0.4, -0.2) is 23.0 Å². The standard InChI is InChI=1S/C11H22N2S/c1-5-6-9(4)12-11-13-10(7-14-11)8(2)3/h8-10H,5-7H2,1-4H3,(H,12,13). The summed E-state index contributed by atoms with van der Waals surface area (Å²) in [5, 5.41) is 4.63. The quantitative estimate of drug-likeness (QED) is 0.778. The molecule has 3 heteroatoms. The van der Waals surface area contributed by atoms with Crippen molar-refractivity contribution >= 4 is 16.9 Å². The smallest absolute Gasteiger partial charge is 0.157 e. The lowest BCUT2D eigenvalue weighted by molar-refractivity contribution is 0.539. The van der Waals surface area contributed by atoms with Gasteiger partial charge >= 0.3 is 0 Å². The lowest BCUT2D eigenvalue weighted by Gasteiger charge is -2.12. The van der Waals surface area contributed by atoms with Crippen LogP contribution in [0.25, 0.3) is 0 Å². The molecule has 0 radical (unpaired) electrons. The second-order valence-electron chi connectivity index (χ2n) is 4.39. The van der Waals surface area contributed by atoms with Gasteiger partial charge in [-0.3, -0.25) is 4.99 Å². The van der Waals surface area contributed by atoms with Crippen molar-refractivity contribution in [1.29, 1.82) is 0 Å². The maximum atomic E-state index is 4.68. The number of hydrogen-bond acceptors (Lipinski definition) is 3. The average molecular weight is 214 g/mol. The minimum Gasteiger partial charge on any atom is -0.362 e. The molecule has 1 N–H and O–H groups in total. The van der Waals surface area contributed by atoms with Gasteiger partial charge in [-0.25, -0.2) is 0 Å². The zero-order valence-electron chi connectivity index (χ0n) is 9.71. The first-order valence-corrected chi connectivity index (χ1v) is 6.59. The van der Waals surface area contributed by atoms with Crippen molar-refractivity contribution in [3.63, 3.8) is 0 Å². The van der Waals surface area contributed by atoms with Gasteiger partial charge < -0.3 is 5.32 Å². The summed E-state index contributed by atoms with van der Waals surface area (Å²) in [4.78, 5) is 4.68. The molecule has 2 nitrogen and oxygen atoms in total. The molecule has 1 aliphatic rings. The topological polar surface area (TPSA) is 24.4 Å². The van der Waals surface area contributed by atoms with E-state index in [-0.39, 0.29) is 0 Å². The van der Waals surface area contributed by atoms with Crippen LogP contribution in [0.3, 0.4) is 0 Å². The summed E-state index contributed by atoms with van der Waals surface area (Å²) in [6.07, 6.45) is 2.46. The zero-order valence-corrected chi connectivity index (χ0v) is 10.5. The Hall–Kier alpha value is -0.180. The maximum Gasteiger partial charge on any atom is 0.157 e. The van der Waals surface area contributed by atoms with Crippen molar-refractivity contribution in [2.75, 3.05) is 5.75 Å². The van der Waals surface area contributed by atoms with Crippen LogP contribution in [0.2, 0.25) is 0 Å². The lowest BCUT2D eigenvalue weighted by Crippen LogP contribution is -2.29. The molecular formula is C11H22N2S. The van der Waals surface area contributed by atoms with Gasteiger partial charge in [0, 0.05) is 11.8 Å². The Morgan fingerprint density at radius 3 is 2.71 bits per heavy atom. The minimum absolute atomic E-state index is 0.524. The van der Waals surface area contributed by atoms with Gasteiger partial charge in [-0.05, 0) is 19.3 Å². The van der Waals surface area contributed by atoms with E-state index in [9.17, 15) is 0 Å². The number of nitrogens with zero attached hydrogens (tertiary/aromatic N) is 1. The fourth-order valence-corrected chi connectivity index (χ4v) is 2.81. The molecule has 0 bridgehead atoms. The third kappa shape index (κ3) is 3.52. The third-order valence-electron chi connectivity index (χ3n) is 2.53. The van der Waals surface area contributed by atoms with E-state index in [1.54, 1.807) is 0 Å². The molecule has 2 atom stereocenters. The molecule has 0 spiro atoms. The molecular weight excluding hydrogens is 192 g/mol. The normalized spacial score (nSPS) is 23.8. The van der Waals surface area contributed by atoms with Gasteiger partial charge in [0.2, 0.25) is 0 Å². The van der Waals surface area contributed by atoms with E-state index in [1.807, 2.05) is 11.8 Å².